The molecule has 118 valence electrons. The van der Waals surface area contributed by atoms with Gasteiger partial charge in [0.05, 0.1) is 0 Å². The third-order valence-electron chi connectivity index (χ3n) is 3.39. The minimum absolute atomic E-state index is 0.0665. The monoisotopic (exact) mass is 293 g/mol. The van der Waals surface area contributed by atoms with E-state index >= 15 is 0 Å². The van der Waals surface area contributed by atoms with Crippen molar-refractivity contribution in [2.45, 2.75) is 59.0 Å². The van der Waals surface area contributed by atoms with Gasteiger partial charge in [-0.25, -0.2) is 0 Å². The number of hydrogen-bond donors (Lipinski definition) is 2. The highest BCUT2D eigenvalue weighted by Crippen LogP contribution is 2.28. The first kappa shape index (κ1) is 17.5. The Hall–Kier alpha value is -1.55. The van der Waals surface area contributed by atoms with Gasteiger partial charge < -0.3 is 9.84 Å². The lowest BCUT2D eigenvalue weighted by molar-refractivity contribution is -0.145. The summed E-state index contributed by atoms with van der Waals surface area (Å²) >= 11 is 0. The van der Waals surface area contributed by atoms with Crippen molar-refractivity contribution in [2.24, 2.45) is 0 Å². The Morgan fingerprint density at radius 2 is 1.95 bits per heavy atom. The third kappa shape index (κ3) is 4.74. The molecular formula is C17H27NO3. The molecule has 0 heterocycles. The molecule has 2 N–H and O–H groups in total. The van der Waals surface area contributed by atoms with Crippen molar-refractivity contribution < 1.29 is 14.6 Å². The van der Waals surface area contributed by atoms with Crippen LogP contribution >= 0.6 is 0 Å². The molecule has 1 atom stereocenters. The summed E-state index contributed by atoms with van der Waals surface area (Å²) in [6.45, 7) is 11.8. The summed E-state index contributed by atoms with van der Waals surface area (Å²) in [5, 5.41) is 12.5. The van der Waals surface area contributed by atoms with E-state index in [1.54, 1.807) is 6.92 Å². The number of carboxylic acid groups (broad SMARTS) is 1. The minimum Gasteiger partial charge on any atom is -0.491 e. The number of benzene rings is 1. The molecule has 0 aliphatic carbocycles. The second-order valence-corrected chi connectivity index (χ2v) is 6.42. The van der Waals surface area contributed by atoms with Crippen LogP contribution in [0.2, 0.25) is 0 Å². The van der Waals surface area contributed by atoms with Gasteiger partial charge in [-0.15, -0.1) is 0 Å². The Kier molecular flexibility index (Phi) is 5.78. The summed E-state index contributed by atoms with van der Waals surface area (Å²) in [5.74, 6) is 0.188. The maximum Gasteiger partial charge on any atom is 0.327 e. The van der Waals surface area contributed by atoms with Gasteiger partial charge in [-0.2, -0.15) is 0 Å². The van der Waals surface area contributed by atoms with Crippen LogP contribution in [0.25, 0.3) is 0 Å². The predicted molar refractivity (Wildman–Crippen MR) is 85.1 cm³/mol. The molecule has 0 aliphatic rings. The highest BCUT2D eigenvalue weighted by molar-refractivity contribution is 5.78. The van der Waals surface area contributed by atoms with E-state index in [0.717, 1.165) is 16.9 Å². The van der Waals surface area contributed by atoms with Gasteiger partial charge in [0.25, 0.3) is 0 Å². The Morgan fingerprint density at radius 3 is 2.43 bits per heavy atom. The normalized spacial score (nSPS) is 14.3. The maximum absolute atomic E-state index is 11.5. The topological polar surface area (TPSA) is 58.6 Å². The minimum atomic E-state index is -1.10. The van der Waals surface area contributed by atoms with Crippen LogP contribution in [0.3, 0.4) is 0 Å². The fraction of sp³-hybridized carbons (Fsp3) is 0.588. The van der Waals surface area contributed by atoms with Crippen LogP contribution in [0.1, 0.15) is 51.7 Å². The van der Waals surface area contributed by atoms with Crippen molar-refractivity contribution in [3.05, 3.63) is 29.3 Å². The first-order chi connectivity index (χ1) is 9.65. The number of aryl methyl sites for hydroxylation is 1. The zero-order valence-electron chi connectivity index (χ0n) is 13.9. The Labute approximate surface area is 127 Å². The number of carboxylic acids is 1. The van der Waals surface area contributed by atoms with E-state index < -0.39 is 11.5 Å². The molecule has 0 radical (unpaired) electrons. The predicted octanol–water partition coefficient (Wildman–Crippen LogP) is 3.34. The smallest absolute Gasteiger partial charge is 0.327 e. The van der Waals surface area contributed by atoms with E-state index in [4.69, 9.17) is 4.74 Å². The van der Waals surface area contributed by atoms with Gasteiger partial charge in [0.15, 0.2) is 0 Å². The van der Waals surface area contributed by atoms with Gasteiger partial charge in [0.2, 0.25) is 0 Å². The SMILES string of the molecule is Cc1ccc(C(C)C)c(OCC(C)(NC(C)C)C(=O)O)c1. The van der Waals surface area contributed by atoms with Crippen LogP contribution in [0.4, 0.5) is 0 Å². The summed E-state index contributed by atoms with van der Waals surface area (Å²) < 4.78 is 5.86. The fourth-order valence-electron chi connectivity index (χ4n) is 2.27. The van der Waals surface area contributed by atoms with Crippen LogP contribution in [0.15, 0.2) is 18.2 Å². The standard InChI is InChI=1S/C17H27NO3/c1-11(2)14-8-7-13(5)9-15(14)21-10-17(6,16(19)20)18-12(3)4/h7-9,11-12,18H,10H2,1-6H3,(H,19,20). The van der Waals surface area contributed by atoms with Crippen LogP contribution in [0, 0.1) is 6.92 Å². The summed E-state index contributed by atoms with van der Waals surface area (Å²) in [6.07, 6.45) is 0. The van der Waals surface area contributed by atoms with E-state index in [0.29, 0.717) is 5.92 Å². The van der Waals surface area contributed by atoms with Gasteiger partial charge in [-0.1, -0.05) is 26.0 Å². The van der Waals surface area contributed by atoms with Crippen LogP contribution in [-0.4, -0.2) is 29.3 Å². The van der Waals surface area contributed by atoms with Crippen LogP contribution in [0.5, 0.6) is 5.75 Å². The summed E-state index contributed by atoms with van der Waals surface area (Å²) in [6, 6.07) is 6.12. The van der Waals surface area contributed by atoms with E-state index in [2.05, 4.69) is 19.2 Å². The highest BCUT2D eigenvalue weighted by atomic mass is 16.5. The largest absolute Gasteiger partial charge is 0.491 e. The molecule has 0 aliphatic heterocycles. The van der Waals surface area contributed by atoms with Crippen LogP contribution in [-0.2, 0) is 4.79 Å². The molecule has 0 saturated heterocycles. The number of aliphatic carboxylic acids is 1. The Balaban J connectivity index is 2.95. The molecule has 0 aromatic heterocycles. The number of carbonyl (C=O) groups is 1. The molecule has 0 saturated carbocycles. The zero-order chi connectivity index (χ0) is 16.2. The van der Waals surface area contributed by atoms with Crippen LogP contribution < -0.4 is 10.1 Å². The number of ether oxygens (including phenoxy) is 1. The molecule has 0 spiro atoms. The molecule has 1 unspecified atom stereocenters. The average molecular weight is 293 g/mol. The summed E-state index contributed by atoms with van der Waals surface area (Å²) in [4.78, 5) is 11.5. The lowest BCUT2D eigenvalue weighted by Gasteiger charge is -2.29. The second kappa shape index (κ2) is 6.94. The fourth-order valence-corrected chi connectivity index (χ4v) is 2.27. The van der Waals surface area contributed by atoms with Crippen molar-refractivity contribution in [1.82, 2.24) is 5.32 Å². The van der Waals surface area contributed by atoms with Gasteiger partial charge in [0.1, 0.15) is 17.9 Å². The average Bonchev–Trinajstić information content (AvgIpc) is 2.35. The van der Waals surface area contributed by atoms with Crippen molar-refractivity contribution in [1.29, 1.82) is 0 Å². The first-order valence-corrected chi connectivity index (χ1v) is 7.40. The molecular weight excluding hydrogens is 266 g/mol. The second-order valence-electron chi connectivity index (χ2n) is 6.42. The Morgan fingerprint density at radius 1 is 1.33 bits per heavy atom. The molecule has 4 heteroatoms. The number of nitrogens with one attached hydrogen (secondary N) is 1. The third-order valence-corrected chi connectivity index (χ3v) is 3.39. The van der Waals surface area contributed by atoms with Gasteiger partial charge >= 0.3 is 5.97 Å². The highest BCUT2D eigenvalue weighted by Gasteiger charge is 2.34. The molecule has 1 aromatic rings. The van der Waals surface area contributed by atoms with Gasteiger partial charge in [0, 0.05) is 6.04 Å². The summed E-state index contributed by atoms with van der Waals surface area (Å²) in [5.41, 5.74) is 1.09. The molecule has 0 bridgehead atoms. The summed E-state index contributed by atoms with van der Waals surface area (Å²) in [7, 11) is 0. The molecule has 21 heavy (non-hydrogen) atoms. The molecule has 0 amide bonds. The van der Waals surface area contributed by atoms with E-state index in [-0.39, 0.29) is 12.6 Å². The van der Waals surface area contributed by atoms with E-state index in [9.17, 15) is 9.90 Å². The molecule has 0 fully saturated rings. The maximum atomic E-state index is 11.5. The van der Waals surface area contributed by atoms with E-state index in [1.807, 2.05) is 39.0 Å². The van der Waals surface area contributed by atoms with Crippen molar-refractivity contribution in [3.63, 3.8) is 0 Å². The molecule has 1 rings (SSSR count). The first-order valence-electron chi connectivity index (χ1n) is 7.40. The Bertz CT molecular complexity index is 497. The van der Waals surface area contributed by atoms with E-state index in [1.165, 1.54) is 0 Å². The van der Waals surface area contributed by atoms with Crippen molar-refractivity contribution >= 4 is 5.97 Å². The molecule has 4 nitrogen and oxygen atoms in total. The van der Waals surface area contributed by atoms with Gasteiger partial charge in [-0.05, 0) is 50.8 Å². The lowest BCUT2D eigenvalue weighted by atomic mass is 10.00. The number of hydrogen-bond acceptors (Lipinski definition) is 3. The van der Waals surface area contributed by atoms with Gasteiger partial charge in [-0.3, -0.25) is 10.1 Å². The van der Waals surface area contributed by atoms with Crippen molar-refractivity contribution in [3.8, 4) is 5.75 Å². The zero-order valence-corrected chi connectivity index (χ0v) is 13.9. The quantitative estimate of drug-likeness (QED) is 0.809. The van der Waals surface area contributed by atoms with Crippen molar-refractivity contribution in [2.75, 3.05) is 6.61 Å². The molecule has 1 aromatic carbocycles. The number of rotatable bonds is 7. The lowest BCUT2D eigenvalue weighted by Crippen LogP contribution is -2.56.